The highest BCUT2D eigenvalue weighted by Gasteiger charge is 2.38. The van der Waals surface area contributed by atoms with Crippen molar-refractivity contribution in [3.05, 3.63) is 65.4 Å². The van der Waals surface area contributed by atoms with Gasteiger partial charge >= 0.3 is 6.18 Å². The molecule has 2 aromatic carbocycles. The molecule has 1 N–H and O–H groups in total. The van der Waals surface area contributed by atoms with Crippen molar-refractivity contribution in [1.29, 1.82) is 0 Å². The number of aromatic nitrogens is 1. The summed E-state index contributed by atoms with van der Waals surface area (Å²) in [4.78, 5) is 3.93. The van der Waals surface area contributed by atoms with E-state index in [0.717, 1.165) is 28.2 Å². The number of halogens is 3. The van der Waals surface area contributed by atoms with Gasteiger partial charge in [-0.3, -0.25) is 0 Å². The Labute approximate surface area is 142 Å². The highest BCUT2D eigenvalue weighted by Crippen LogP contribution is 2.42. The van der Waals surface area contributed by atoms with Crippen LogP contribution < -0.4 is 5.32 Å². The molecule has 0 spiro atoms. The predicted molar refractivity (Wildman–Crippen MR) is 91.8 cm³/mol. The molecule has 0 bridgehead atoms. The lowest BCUT2D eigenvalue weighted by Gasteiger charge is -2.07. The molecular formula is C18H15F3N2S. The van der Waals surface area contributed by atoms with Crippen molar-refractivity contribution in [2.24, 2.45) is 0 Å². The fourth-order valence-corrected chi connectivity index (χ4v) is 3.34. The number of anilines is 2. The van der Waals surface area contributed by atoms with Gasteiger partial charge in [0.1, 0.15) is 0 Å². The molecule has 124 valence electrons. The number of hydrogen-bond donors (Lipinski definition) is 1. The maximum Gasteiger partial charge on any atom is 0.434 e. The summed E-state index contributed by atoms with van der Waals surface area (Å²) in [5.74, 6) is 0. The molecule has 6 heteroatoms. The number of thiazole rings is 1. The topological polar surface area (TPSA) is 24.9 Å². The molecule has 0 saturated carbocycles. The van der Waals surface area contributed by atoms with Gasteiger partial charge in [0.25, 0.3) is 0 Å². The molecule has 0 aliphatic heterocycles. The average Bonchev–Trinajstić information content (AvgIpc) is 2.96. The van der Waals surface area contributed by atoms with Crippen LogP contribution in [0, 0.1) is 13.8 Å². The lowest BCUT2D eigenvalue weighted by molar-refractivity contribution is -0.140. The minimum absolute atomic E-state index is 0.121. The molecule has 2 nitrogen and oxygen atoms in total. The molecule has 0 amide bonds. The smallest absolute Gasteiger partial charge is 0.331 e. The van der Waals surface area contributed by atoms with Crippen LogP contribution in [-0.2, 0) is 6.18 Å². The van der Waals surface area contributed by atoms with E-state index in [4.69, 9.17) is 0 Å². The zero-order valence-corrected chi connectivity index (χ0v) is 13.9. The number of nitrogens with one attached hydrogen (secondary N) is 1. The van der Waals surface area contributed by atoms with E-state index in [2.05, 4.69) is 10.3 Å². The standard InChI is InChI=1S/C18H15F3N2S/c1-11-8-9-12(2)14(10-11)22-17-23-16(18(19,20)21)15(24-17)13-6-4-3-5-7-13/h3-10H,1-2H3,(H,22,23). The van der Waals surface area contributed by atoms with Gasteiger partial charge in [-0.25, -0.2) is 4.98 Å². The van der Waals surface area contributed by atoms with E-state index in [-0.39, 0.29) is 10.0 Å². The maximum atomic E-state index is 13.3. The Morgan fingerprint density at radius 1 is 1.00 bits per heavy atom. The molecule has 1 aromatic heterocycles. The first-order chi connectivity index (χ1) is 11.3. The van der Waals surface area contributed by atoms with Crippen molar-refractivity contribution in [2.75, 3.05) is 5.32 Å². The number of nitrogens with zero attached hydrogens (tertiary/aromatic N) is 1. The molecule has 3 aromatic rings. The van der Waals surface area contributed by atoms with Crippen LogP contribution in [0.3, 0.4) is 0 Å². The Hall–Kier alpha value is -2.34. The molecule has 0 unspecified atom stereocenters. The Balaban J connectivity index is 2.04. The van der Waals surface area contributed by atoms with E-state index in [1.54, 1.807) is 30.3 Å². The zero-order chi connectivity index (χ0) is 17.3. The molecule has 1 heterocycles. The zero-order valence-electron chi connectivity index (χ0n) is 13.1. The van der Waals surface area contributed by atoms with Crippen LogP contribution >= 0.6 is 11.3 Å². The molecule has 3 rings (SSSR count). The molecule has 0 atom stereocenters. The quantitative estimate of drug-likeness (QED) is 0.610. The van der Waals surface area contributed by atoms with Gasteiger partial charge in [-0.1, -0.05) is 53.8 Å². The van der Waals surface area contributed by atoms with Gasteiger partial charge in [-0.2, -0.15) is 13.2 Å². The van der Waals surface area contributed by atoms with Crippen LogP contribution in [0.2, 0.25) is 0 Å². The molecule has 24 heavy (non-hydrogen) atoms. The second kappa shape index (κ2) is 6.28. The number of alkyl halides is 3. The second-order valence-corrected chi connectivity index (χ2v) is 6.50. The monoisotopic (exact) mass is 348 g/mol. The number of aryl methyl sites for hydroxylation is 2. The van der Waals surface area contributed by atoms with Crippen molar-refractivity contribution in [2.45, 2.75) is 20.0 Å². The Kier molecular flexibility index (Phi) is 4.32. The van der Waals surface area contributed by atoms with Crippen molar-refractivity contribution < 1.29 is 13.2 Å². The number of hydrogen-bond acceptors (Lipinski definition) is 3. The van der Waals surface area contributed by atoms with E-state index in [9.17, 15) is 13.2 Å². The van der Waals surface area contributed by atoms with Crippen molar-refractivity contribution in [1.82, 2.24) is 4.98 Å². The van der Waals surface area contributed by atoms with Crippen molar-refractivity contribution >= 4 is 22.2 Å². The van der Waals surface area contributed by atoms with Gasteiger partial charge < -0.3 is 5.32 Å². The van der Waals surface area contributed by atoms with Crippen molar-refractivity contribution in [3.8, 4) is 10.4 Å². The first kappa shape index (κ1) is 16.5. The Bertz CT molecular complexity index is 854. The van der Waals surface area contributed by atoms with Gasteiger partial charge in [0.05, 0.1) is 4.88 Å². The van der Waals surface area contributed by atoms with Crippen LogP contribution in [0.5, 0.6) is 0 Å². The molecule has 0 saturated heterocycles. The highest BCUT2D eigenvalue weighted by atomic mass is 32.1. The van der Waals surface area contributed by atoms with E-state index < -0.39 is 11.9 Å². The van der Waals surface area contributed by atoms with Gasteiger partial charge in [0.2, 0.25) is 0 Å². The van der Waals surface area contributed by atoms with Gasteiger partial charge in [-0.15, -0.1) is 0 Å². The lowest BCUT2D eigenvalue weighted by Crippen LogP contribution is -2.07. The first-order valence-corrected chi connectivity index (χ1v) is 8.14. The van der Waals surface area contributed by atoms with Gasteiger partial charge in [-0.05, 0) is 36.6 Å². The minimum atomic E-state index is -4.50. The summed E-state index contributed by atoms with van der Waals surface area (Å²) in [5, 5.41) is 3.25. The Morgan fingerprint density at radius 3 is 2.38 bits per heavy atom. The summed E-state index contributed by atoms with van der Waals surface area (Å²) >= 11 is 1.01. The fourth-order valence-electron chi connectivity index (χ4n) is 2.34. The third kappa shape index (κ3) is 3.43. The van der Waals surface area contributed by atoms with E-state index in [1.165, 1.54) is 0 Å². The number of rotatable bonds is 3. The highest BCUT2D eigenvalue weighted by molar-refractivity contribution is 7.19. The summed E-state index contributed by atoms with van der Waals surface area (Å²) in [5.41, 5.74) is 2.39. The third-order valence-electron chi connectivity index (χ3n) is 3.57. The second-order valence-electron chi connectivity index (χ2n) is 5.50. The molecular weight excluding hydrogens is 333 g/mol. The third-order valence-corrected chi connectivity index (χ3v) is 4.59. The summed E-state index contributed by atoms with van der Waals surface area (Å²) in [7, 11) is 0. The molecule has 0 aliphatic carbocycles. The van der Waals surface area contributed by atoms with Crippen LogP contribution in [0.4, 0.5) is 24.0 Å². The summed E-state index contributed by atoms with van der Waals surface area (Å²) in [6, 6.07) is 14.3. The predicted octanol–water partition coefficient (Wildman–Crippen LogP) is 6.19. The van der Waals surface area contributed by atoms with Crippen LogP contribution in [0.25, 0.3) is 10.4 Å². The van der Waals surface area contributed by atoms with Gasteiger partial charge in [0.15, 0.2) is 10.8 Å². The van der Waals surface area contributed by atoms with E-state index in [0.29, 0.717) is 5.56 Å². The average molecular weight is 348 g/mol. The normalized spacial score (nSPS) is 11.5. The Morgan fingerprint density at radius 2 is 1.71 bits per heavy atom. The molecule has 0 radical (unpaired) electrons. The maximum absolute atomic E-state index is 13.3. The van der Waals surface area contributed by atoms with E-state index >= 15 is 0 Å². The summed E-state index contributed by atoms with van der Waals surface area (Å²) in [6.45, 7) is 3.83. The summed E-state index contributed by atoms with van der Waals surface area (Å²) in [6.07, 6.45) is -4.50. The molecule has 0 aliphatic rings. The molecule has 0 fully saturated rings. The minimum Gasteiger partial charge on any atom is -0.331 e. The van der Waals surface area contributed by atoms with Crippen LogP contribution in [0.1, 0.15) is 16.8 Å². The van der Waals surface area contributed by atoms with Crippen LogP contribution in [-0.4, -0.2) is 4.98 Å². The van der Waals surface area contributed by atoms with E-state index in [1.807, 2.05) is 32.0 Å². The van der Waals surface area contributed by atoms with Crippen molar-refractivity contribution in [3.63, 3.8) is 0 Å². The number of benzene rings is 2. The SMILES string of the molecule is Cc1ccc(C)c(Nc2nc(C(F)(F)F)c(-c3ccccc3)s2)c1. The van der Waals surface area contributed by atoms with Crippen LogP contribution in [0.15, 0.2) is 48.5 Å². The largest absolute Gasteiger partial charge is 0.434 e. The fraction of sp³-hybridized carbons (Fsp3) is 0.167. The van der Waals surface area contributed by atoms with Gasteiger partial charge in [0, 0.05) is 5.69 Å². The lowest BCUT2D eigenvalue weighted by atomic mass is 10.1. The summed E-state index contributed by atoms with van der Waals surface area (Å²) < 4.78 is 40.0. The first-order valence-electron chi connectivity index (χ1n) is 7.32.